The first-order valence-corrected chi connectivity index (χ1v) is 12.9. The first kappa shape index (κ1) is 24.9. The first-order valence-electron chi connectivity index (χ1n) is 12.9. The van der Waals surface area contributed by atoms with E-state index in [9.17, 15) is 9.59 Å². The minimum atomic E-state index is -0.688. The molecule has 0 saturated carbocycles. The Balaban J connectivity index is 1.49. The van der Waals surface area contributed by atoms with Crippen molar-refractivity contribution in [3.05, 3.63) is 92.8 Å². The number of rotatable bonds is 7. The van der Waals surface area contributed by atoms with Crippen molar-refractivity contribution in [1.82, 2.24) is 4.90 Å². The SMILES string of the molecule is COc1cc(C2c3c(oc4ccc(C)cc4c3=O)C(=O)N2Cc2ccc3c(c2)OCO3)ccc1OCC(C)C. The summed E-state index contributed by atoms with van der Waals surface area (Å²) in [7, 11) is 1.57. The maximum atomic E-state index is 13.9. The van der Waals surface area contributed by atoms with Crippen LogP contribution in [-0.2, 0) is 6.54 Å². The molecule has 3 heterocycles. The summed E-state index contributed by atoms with van der Waals surface area (Å²) < 4.78 is 28.7. The molecule has 0 fully saturated rings. The highest BCUT2D eigenvalue weighted by atomic mass is 16.7. The highest BCUT2D eigenvalue weighted by molar-refractivity contribution is 5.99. The van der Waals surface area contributed by atoms with Crippen LogP contribution in [0.5, 0.6) is 23.0 Å². The van der Waals surface area contributed by atoms with E-state index in [1.807, 2.05) is 49.4 Å². The lowest BCUT2D eigenvalue weighted by atomic mass is 9.97. The van der Waals surface area contributed by atoms with Crippen molar-refractivity contribution in [1.29, 1.82) is 0 Å². The third-order valence-electron chi connectivity index (χ3n) is 6.99. The van der Waals surface area contributed by atoms with Crippen molar-refractivity contribution in [2.45, 2.75) is 33.4 Å². The van der Waals surface area contributed by atoms with Crippen LogP contribution < -0.4 is 24.4 Å². The summed E-state index contributed by atoms with van der Waals surface area (Å²) in [5, 5.41) is 0.445. The second-order valence-electron chi connectivity index (χ2n) is 10.3. The minimum Gasteiger partial charge on any atom is -0.493 e. The summed E-state index contributed by atoms with van der Waals surface area (Å²) in [6.45, 7) is 6.98. The number of carbonyl (C=O) groups is 1. The molecule has 3 aromatic carbocycles. The Morgan fingerprint density at radius 3 is 2.59 bits per heavy atom. The van der Waals surface area contributed by atoms with Crippen molar-refractivity contribution in [2.75, 3.05) is 20.5 Å². The molecule has 8 nitrogen and oxygen atoms in total. The van der Waals surface area contributed by atoms with Gasteiger partial charge in [-0.25, -0.2) is 0 Å². The largest absolute Gasteiger partial charge is 0.493 e. The van der Waals surface area contributed by atoms with Gasteiger partial charge in [-0.1, -0.05) is 37.6 Å². The van der Waals surface area contributed by atoms with Gasteiger partial charge in [0.15, 0.2) is 28.4 Å². The number of hydrogen-bond acceptors (Lipinski definition) is 7. The van der Waals surface area contributed by atoms with E-state index in [2.05, 4.69) is 13.8 Å². The van der Waals surface area contributed by atoms with E-state index in [4.69, 9.17) is 23.4 Å². The van der Waals surface area contributed by atoms with Crippen LogP contribution in [0.25, 0.3) is 11.0 Å². The van der Waals surface area contributed by atoms with Crippen molar-refractivity contribution < 1.29 is 28.2 Å². The smallest absolute Gasteiger partial charge is 0.291 e. The molecule has 0 aliphatic carbocycles. The highest BCUT2D eigenvalue weighted by Crippen LogP contribution is 2.42. The average molecular weight is 528 g/mol. The number of methoxy groups -OCH3 is 1. The van der Waals surface area contributed by atoms with Crippen molar-refractivity contribution >= 4 is 16.9 Å². The van der Waals surface area contributed by atoms with Gasteiger partial charge in [-0.05, 0) is 60.4 Å². The molecular weight excluding hydrogens is 498 g/mol. The number of amides is 1. The molecule has 1 amide bonds. The van der Waals surface area contributed by atoms with Gasteiger partial charge in [0.05, 0.1) is 30.7 Å². The fourth-order valence-electron chi connectivity index (χ4n) is 5.11. The first-order chi connectivity index (χ1) is 18.8. The molecule has 2 aliphatic heterocycles. The molecule has 39 heavy (non-hydrogen) atoms. The molecule has 4 aromatic rings. The number of fused-ring (bicyclic) bond motifs is 3. The lowest BCUT2D eigenvalue weighted by Crippen LogP contribution is -2.29. The molecule has 0 bridgehead atoms. The second-order valence-corrected chi connectivity index (χ2v) is 10.3. The molecule has 8 heteroatoms. The summed E-state index contributed by atoms with van der Waals surface area (Å²) in [6, 6.07) is 15.8. The Bertz CT molecular complexity index is 1660. The zero-order chi connectivity index (χ0) is 27.3. The highest BCUT2D eigenvalue weighted by Gasteiger charge is 2.43. The summed E-state index contributed by atoms with van der Waals surface area (Å²) in [4.78, 5) is 29.4. The fraction of sp³-hybridized carbons (Fsp3) is 0.290. The van der Waals surface area contributed by atoms with Crippen LogP contribution >= 0.6 is 0 Å². The van der Waals surface area contributed by atoms with Gasteiger partial charge in [-0.2, -0.15) is 0 Å². The average Bonchev–Trinajstić information content (AvgIpc) is 3.50. The van der Waals surface area contributed by atoms with E-state index in [1.54, 1.807) is 24.1 Å². The molecule has 1 atom stereocenters. The monoisotopic (exact) mass is 527 g/mol. The summed E-state index contributed by atoms with van der Waals surface area (Å²) in [5.41, 5.74) is 2.97. The van der Waals surface area contributed by atoms with Crippen LogP contribution in [0, 0.1) is 12.8 Å². The molecule has 2 aliphatic rings. The maximum absolute atomic E-state index is 13.9. The summed E-state index contributed by atoms with van der Waals surface area (Å²) in [6.07, 6.45) is 0. The standard InChI is InChI=1S/C31H29NO7/c1-17(2)15-36-23-10-7-20(13-25(23)35-4)28-27-29(33)21-11-18(3)5-8-22(21)39-30(27)31(34)32(28)14-19-6-9-24-26(12-19)38-16-37-24/h5-13,17,28H,14-16H2,1-4H3. The van der Waals surface area contributed by atoms with Crippen LogP contribution in [0.1, 0.15) is 52.7 Å². The minimum absolute atomic E-state index is 0.0567. The molecular formula is C31H29NO7. The Kier molecular flexibility index (Phi) is 6.17. The zero-order valence-electron chi connectivity index (χ0n) is 22.3. The Morgan fingerprint density at radius 2 is 1.79 bits per heavy atom. The summed E-state index contributed by atoms with van der Waals surface area (Å²) >= 11 is 0. The summed E-state index contributed by atoms with van der Waals surface area (Å²) in [5.74, 6) is 2.45. The third-order valence-corrected chi connectivity index (χ3v) is 6.99. The van der Waals surface area contributed by atoms with Crippen LogP contribution in [-0.4, -0.2) is 31.3 Å². The predicted octanol–water partition coefficient (Wildman–Crippen LogP) is 5.62. The number of ether oxygens (including phenoxy) is 4. The fourth-order valence-corrected chi connectivity index (χ4v) is 5.11. The Hall–Kier alpha value is -4.46. The lowest BCUT2D eigenvalue weighted by Gasteiger charge is -2.26. The molecule has 6 rings (SSSR count). The number of benzene rings is 3. The third kappa shape index (κ3) is 4.35. The normalized spacial score (nSPS) is 15.8. The number of nitrogens with zero attached hydrogens (tertiary/aromatic N) is 1. The molecule has 0 N–H and O–H groups in total. The van der Waals surface area contributed by atoms with Crippen LogP contribution in [0.15, 0.2) is 63.8 Å². The van der Waals surface area contributed by atoms with E-state index in [0.717, 1.165) is 16.7 Å². The quantitative estimate of drug-likeness (QED) is 0.308. The van der Waals surface area contributed by atoms with Gasteiger partial charge in [0.2, 0.25) is 12.6 Å². The lowest BCUT2D eigenvalue weighted by molar-refractivity contribution is 0.0714. The van der Waals surface area contributed by atoms with Crippen molar-refractivity contribution in [2.24, 2.45) is 5.92 Å². The topological polar surface area (TPSA) is 87.4 Å². The number of carbonyl (C=O) groups excluding carboxylic acids is 1. The van der Waals surface area contributed by atoms with Gasteiger partial charge in [0, 0.05) is 6.54 Å². The molecule has 1 unspecified atom stereocenters. The van der Waals surface area contributed by atoms with Gasteiger partial charge in [0.1, 0.15) is 5.58 Å². The van der Waals surface area contributed by atoms with Gasteiger partial charge >= 0.3 is 0 Å². The van der Waals surface area contributed by atoms with E-state index in [1.165, 1.54) is 0 Å². The molecule has 0 radical (unpaired) electrons. The van der Waals surface area contributed by atoms with E-state index in [0.29, 0.717) is 52.1 Å². The van der Waals surface area contributed by atoms with Crippen LogP contribution in [0.2, 0.25) is 0 Å². The van der Waals surface area contributed by atoms with E-state index >= 15 is 0 Å². The van der Waals surface area contributed by atoms with Gasteiger partial charge in [-0.15, -0.1) is 0 Å². The van der Waals surface area contributed by atoms with Crippen LogP contribution in [0.3, 0.4) is 0 Å². The number of hydrogen-bond donors (Lipinski definition) is 0. The second kappa shape index (κ2) is 9.69. The molecule has 0 spiro atoms. The van der Waals surface area contributed by atoms with Gasteiger partial charge in [0.25, 0.3) is 5.91 Å². The van der Waals surface area contributed by atoms with Gasteiger partial charge in [-0.3, -0.25) is 9.59 Å². The number of aryl methyl sites for hydroxylation is 1. The van der Waals surface area contributed by atoms with Crippen molar-refractivity contribution in [3.63, 3.8) is 0 Å². The van der Waals surface area contributed by atoms with E-state index < -0.39 is 6.04 Å². The van der Waals surface area contributed by atoms with Crippen LogP contribution in [0.4, 0.5) is 0 Å². The maximum Gasteiger partial charge on any atom is 0.291 e. The van der Waals surface area contributed by atoms with Crippen molar-refractivity contribution in [3.8, 4) is 23.0 Å². The van der Waals surface area contributed by atoms with Gasteiger partial charge < -0.3 is 28.3 Å². The van der Waals surface area contributed by atoms with E-state index in [-0.39, 0.29) is 30.4 Å². The Morgan fingerprint density at radius 1 is 0.974 bits per heavy atom. The zero-order valence-corrected chi connectivity index (χ0v) is 22.3. The molecule has 1 aromatic heterocycles. The predicted molar refractivity (Wildman–Crippen MR) is 145 cm³/mol. The molecule has 200 valence electrons. The molecule has 0 saturated heterocycles. The Labute approximate surface area is 225 Å².